The van der Waals surface area contributed by atoms with Crippen LogP contribution in [-0.4, -0.2) is 53.5 Å². The number of piperazine rings is 1. The summed E-state index contributed by atoms with van der Waals surface area (Å²) >= 11 is 0. The number of nitrogens with zero attached hydrogens (tertiary/aromatic N) is 3. The van der Waals surface area contributed by atoms with E-state index in [4.69, 9.17) is 14.2 Å². The number of rotatable bonds is 13. The van der Waals surface area contributed by atoms with E-state index in [1.165, 1.54) is 28.8 Å². The summed E-state index contributed by atoms with van der Waals surface area (Å²) in [4.78, 5) is 21.8. The summed E-state index contributed by atoms with van der Waals surface area (Å²) in [6.07, 6.45) is 5.15. The molecule has 4 aromatic carbocycles. The molecule has 1 aliphatic rings. The third-order valence-corrected chi connectivity index (χ3v) is 9.30. The molecule has 1 aromatic heterocycles. The summed E-state index contributed by atoms with van der Waals surface area (Å²) in [5, 5.41) is 0. The van der Waals surface area contributed by atoms with E-state index >= 15 is 0 Å². The van der Waals surface area contributed by atoms with Gasteiger partial charge in [0.05, 0.1) is 12.8 Å². The normalized spacial score (nSPS) is 13.7. The van der Waals surface area contributed by atoms with Gasteiger partial charge in [0.15, 0.2) is 0 Å². The Bertz CT molecular complexity index is 1940. The molecular formula is C44H47ClFN3O4. The van der Waals surface area contributed by atoms with Gasteiger partial charge in [-0.25, -0.2) is 9.37 Å². The van der Waals surface area contributed by atoms with Gasteiger partial charge in [0.1, 0.15) is 29.7 Å². The minimum absolute atomic E-state index is 0. The topological polar surface area (TPSA) is 64.1 Å². The standard InChI is InChI=1S/C44H46FN3O4.ClH/c1-31-5-16-40(17-6-31)50-29-34(4)38-12-7-35(8-13-38)28-47-21-23-48(24-22-47)43(49)20-11-37-25-32(2)44(33(3)26-37)52-42-19-18-41(27-46-42)51-30-36-9-14-39(45)15-10-36;/h5-20,25-27,34H,21-24,28-30H2,1-4H3;1H. The van der Waals surface area contributed by atoms with Gasteiger partial charge in [-0.15, -0.1) is 12.4 Å². The van der Waals surface area contributed by atoms with E-state index in [1.54, 1.807) is 36.5 Å². The van der Waals surface area contributed by atoms with Gasteiger partial charge in [0, 0.05) is 50.8 Å². The molecule has 6 rings (SSSR count). The number of aromatic nitrogens is 1. The molecule has 1 aliphatic heterocycles. The number of hydrogen-bond donors (Lipinski definition) is 0. The van der Waals surface area contributed by atoms with Crippen LogP contribution in [-0.2, 0) is 17.9 Å². The lowest BCUT2D eigenvalue weighted by atomic mass is 10.0. The molecule has 0 bridgehead atoms. The van der Waals surface area contributed by atoms with Crippen molar-refractivity contribution in [3.63, 3.8) is 0 Å². The van der Waals surface area contributed by atoms with Gasteiger partial charge in [-0.05, 0) is 103 Å². The Labute approximate surface area is 318 Å². The van der Waals surface area contributed by atoms with Gasteiger partial charge in [-0.1, -0.05) is 61.0 Å². The first-order chi connectivity index (χ1) is 25.2. The average molecular weight is 736 g/mol. The minimum Gasteiger partial charge on any atom is -0.493 e. The molecule has 5 aromatic rings. The maximum Gasteiger partial charge on any atom is 0.246 e. The largest absolute Gasteiger partial charge is 0.493 e. The molecule has 0 N–H and O–H groups in total. The monoisotopic (exact) mass is 735 g/mol. The molecule has 9 heteroatoms. The number of carbonyl (C=O) groups excluding carboxylic acids is 1. The summed E-state index contributed by atoms with van der Waals surface area (Å²) < 4.78 is 31.0. The zero-order valence-electron chi connectivity index (χ0n) is 30.8. The van der Waals surface area contributed by atoms with Gasteiger partial charge in [0.2, 0.25) is 11.8 Å². The van der Waals surface area contributed by atoms with Crippen molar-refractivity contribution in [1.82, 2.24) is 14.8 Å². The molecule has 0 saturated carbocycles. The molecule has 1 amide bonds. The summed E-state index contributed by atoms with van der Waals surface area (Å²) in [5.41, 5.74) is 7.45. The number of carbonyl (C=O) groups is 1. The third-order valence-electron chi connectivity index (χ3n) is 9.30. The van der Waals surface area contributed by atoms with Crippen LogP contribution < -0.4 is 14.2 Å². The van der Waals surface area contributed by atoms with Crippen molar-refractivity contribution in [2.24, 2.45) is 0 Å². The molecule has 2 heterocycles. The second kappa shape index (κ2) is 18.5. The van der Waals surface area contributed by atoms with Crippen LogP contribution in [0.15, 0.2) is 109 Å². The Kier molecular flexibility index (Phi) is 13.7. The minimum atomic E-state index is -0.277. The van der Waals surface area contributed by atoms with Crippen LogP contribution in [0, 0.1) is 26.6 Å². The molecule has 0 aliphatic carbocycles. The Morgan fingerprint density at radius 1 is 0.811 bits per heavy atom. The van der Waals surface area contributed by atoms with E-state index in [0.29, 0.717) is 43.9 Å². The van der Waals surface area contributed by atoms with Gasteiger partial charge in [0.25, 0.3) is 0 Å². The maximum absolute atomic E-state index is 13.1. The number of amides is 1. The Balaban J connectivity index is 0.00000541. The highest BCUT2D eigenvalue weighted by Gasteiger charge is 2.20. The van der Waals surface area contributed by atoms with Crippen molar-refractivity contribution in [3.8, 4) is 23.1 Å². The Hall–Kier alpha value is -5.18. The first-order valence-corrected chi connectivity index (χ1v) is 17.8. The summed E-state index contributed by atoms with van der Waals surface area (Å²) in [7, 11) is 0. The van der Waals surface area contributed by atoms with Crippen molar-refractivity contribution in [2.75, 3.05) is 32.8 Å². The summed E-state index contributed by atoms with van der Waals surface area (Å²) in [5.74, 6) is 2.70. The fourth-order valence-corrected chi connectivity index (χ4v) is 6.17. The van der Waals surface area contributed by atoms with Crippen LogP contribution in [0.2, 0.25) is 0 Å². The van der Waals surface area contributed by atoms with Crippen LogP contribution in [0.4, 0.5) is 4.39 Å². The lowest BCUT2D eigenvalue weighted by molar-refractivity contribution is -0.127. The first kappa shape index (κ1) is 39.0. The second-order valence-electron chi connectivity index (χ2n) is 13.5. The van der Waals surface area contributed by atoms with Crippen LogP contribution in [0.5, 0.6) is 23.1 Å². The quantitative estimate of drug-likeness (QED) is 0.112. The number of ether oxygens (including phenoxy) is 3. The van der Waals surface area contributed by atoms with Crippen molar-refractivity contribution in [3.05, 3.63) is 154 Å². The van der Waals surface area contributed by atoms with E-state index < -0.39 is 0 Å². The third kappa shape index (κ3) is 11.2. The molecule has 276 valence electrons. The molecular weight excluding hydrogens is 689 g/mol. The molecule has 0 spiro atoms. The SMILES string of the molecule is Cc1ccc(OCC(C)c2ccc(CN3CCN(C(=O)C=Cc4cc(C)c(Oc5ccc(OCc6ccc(F)cc6)cn5)c(C)c4)CC3)cc2)cc1.Cl. The summed E-state index contributed by atoms with van der Waals surface area (Å²) in [6, 6.07) is 30.8. The number of halogens is 2. The van der Waals surface area contributed by atoms with E-state index in [-0.39, 0.29) is 24.1 Å². The van der Waals surface area contributed by atoms with Crippen molar-refractivity contribution < 1.29 is 23.4 Å². The Morgan fingerprint density at radius 2 is 1.45 bits per heavy atom. The highest BCUT2D eigenvalue weighted by molar-refractivity contribution is 5.92. The van der Waals surface area contributed by atoms with Gasteiger partial charge in [-0.3, -0.25) is 9.69 Å². The van der Waals surface area contributed by atoms with Crippen LogP contribution in [0.1, 0.15) is 51.8 Å². The Morgan fingerprint density at radius 3 is 2.09 bits per heavy atom. The van der Waals surface area contributed by atoms with E-state index in [9.17, 15) is 9.18 Å². The predicted molar refractivity (Wildman–Crippen MR) is 211 cm³/mol. The molecule has 1 saturated heterocycles. The molecule has 1 fully saturated rings. The van der Waals surface area contributed by atoms with Crippen molar-refractivity contribution in [2.45, 2.75) is 46.8 Å². The molecule has 1 atom stereocenters. The van der Waals surface area contributed by atoms with Crippen LogP contribution in [0.25, 0.3) is 6.08 Å². The van der Waals surface area contributed by atoms with E-state index in [1.807, 2.05) is 49.1 Å². The zero-order valence-corrected chi connectivity index (χ0v) is 31.6. The smallest absolute Gasteiger partial charge is 0.246 e. The van der Waals surface area contributed by atoms with E-state index in [0.717, 1.165) is 53.4 Å². The number of pyridine rings is 1. The molecule has 0 radical (unpaired) electrons. The average Bonchev–Trinajstić information content (AvgIpc) is 3.16. The molecule has 7 nitrogen and oxygen atoms in total. The highest BCUT2D eigenvalue weighted by atomic mass is 35.5. The van der Waals surface area contributed by atoms with Crippen LogP contribution in [0.3, 0.4) is 0 Å². The van der Waals surface area contributed by atoms with Gasteiger partial charge in [-0.2, -0.15) is 0 Å². The lowest BCUT2D eigenvalue weighted by Crippen LogP contribution is -2.47. The fraction of sp³-hybridized carbons (Fsp3) is 0.273. The molecule has 53 heavy (non-hydrogen) atoms. The summed E-state index contributed by atoms with van der Waals surface area (Å²) in [6.45, 7) is 13.1. The maximum atomic E-state index is 13.1. The van der Waals surface area contributed by atoms with Crippen LogP contribution >= 0.6 is 12.4 Å². The number of hydrogen-bond acceptors (Lipinski definition) is 6. The van der Waals surface area contributed by atoms with Gasteiger partial charge >= 0.3 is 0 Å². The highest BCUT2D eigenvalue weighted by Crippen LogP contribution is 2.30. The van der Waals surface area contributed by atoms with Gasteiger partial charge < -0.3 is 19.1 Å². The lowest BCUT2D eigenvalue weighted by Gasteiger charge is -2.34. The first-order valence-electron chi connectivity index (χ1n) is 17.8. The zero-order chi connectivity index (χ0) is 36.5. The van der Waals surface area contributed by atoms with E-state index in [2.05, 4.69) is 60.1 Å². The second-order valence-corrected chi connectivity index (χ2v) is 13.5. The molecule has 1 unspecified atom stereocenters. The number of benzene rings is 4. The van der Waals surface area contributed by atoms with Crippen molar-refractivity contribution >= 4 is 24.4 Å². The fourth-order valence-electron chi connectivity index (χ4n) is 6.17. The predicted octanol–water partition coefficient (Wildman–Crippen LogP) is 9.48. The number of aryl methyl sites for hydroxylation is 3. The van der Waals surface area contributed by atoms with Crippen molar-refractivity contribution in [1.29, 1.82) is 0 Å².